The number of primary amides is 1. The molecule has 38 heavy (non-hydrogen) atoms. The number of nitrogens with zero attached hydrogens (tertiary/aromatic N) is 2. The Bertz CT molecular complexity index is 1290. The van der Waals surface area contributed by atoms with Gasteiger partial charge in [0.2, 0.25) is 5.78 Å². The van der Waals surface area contributed by atoms with E-state index in [4.69, 9.17) is 5.73 Å². The van der Waals surface area contributed by atoms with E-state index in [0.29, 0.717) is 16.8 Å². The summed E-state index contributed by atoms with van der Waals surface area (Å²) in [6.45, 7) is -0.499. The number of carbonyl (C=O) groups excluding carboxylic acids is 3. The van der Waals surface area contributed by atoms with Gasteiger partial charge >= 0.3 is 0 Å². The number of benzene rings is 1. The number of phenols is 1. The zero-order valence-electron chi connectivity index (χ0n) is 21.7. The van der Waals surface area contributed by atoms with E-state index < -0.39 is 64.7 Å². The lowest BCUT2D eigenvalue weighted by Gasteiger charge is -2.50. The Morgan fingerprint density at radius 3 is 2.42 bits per heavy atom. The van der Waals surface area contributed by atoms with Crippen LogP contribution in [0.2, 0.25) is 0 Å². The van der Waals surface area contributed by atoms with E-state index in [2.05, 4.69) is 5.32 Å². The van der Waals surface area contributed by atoms with E-state index in [0.717, 1.165) is 0 Å². The smallest absolute Gasteiger partial charge is 0.255 e. The molecule has 12 heteroatoms. The topological polar surface area (TPSA) is 177 Å². The van der Waals surface area contributed by atoms with Crippen molar-refractivity contribution < 1.29 is 39.2 Å². The lowest BCUT2D eigenvalue weighted by Crippen LogP contribution is -2.63. The number of carbonyl (C=O) groups is 3. The number of nitrogens with one attached hydrogen (secondary N) is 1. The molecule has 11 nitrogen and oxygen atoms in total. The summed E-state index contributed by atoms with van der Waals surface area (Å²) in [5.74, 6) is -6.93. The van der Waals surface area contributed by atoms with Crippen LogP contribution in [0.4, 0.5) is 10.1 Å². The van der Waals surface area contributed by atoms with Crippen LogP contribution in [0.15, 0.2) is 28.7 Å². The Morgan fingerprint density at radius 1 is 1.21 bits per heavy atom. The van der Waals surface area contributed by atoms with E-state index in [9.17, 15) is 39.2 Å². The molecule has 206 valence electrons. The number of phenolic OH excluding ortho intramolecular Hbond substituents is 1. The highest BCUT2D eigenvalue weighted by Gasteiger charge is 2.63. The molecule has 0 fully saturated rings. The summed E-state index contributed by atoms with van der Waals surface area (Å²) < 4.78 is 12.6. The predicted molar refractivity (Wildman–Crippen MR) is 136 cm³/mol. The largest absolute Gasteiger partial charge is 0.510 e. The molecule has 0 saturated heterocycles. The number of likely N-dealkylation sites (N-methyl/N-ethyl adjacent to an activating group) is 1. The summed E-state index contributed by atoms with van der Waals surface area (Å²) in [6, 6.07) is 0.659. The molecule has 0 bridgehead atoms. The Morgan fingerprint density at radius 2 is 1.87 bits per heavy atom. The van der Waals surface area contributed by atoms with Gasteiger partial charge in [-0.05, 0) is 44.5 Å². The van der Waals surface area contributed by atoms with Crippen LogP contribution in [0.3, 0.4) is 0 Å². The highest BCUT2D eigenvalue weighted by Crippen LogP contribution is 2.53. The van der Waals surface area contributed by atoms with Crippen molar-refractivity contribution in [1.82, 2.24) is 10.2 Å². The monoisotopic (exact) mass is 532 g/mol. The molecule has 0 saturated carbocycles. The second kappa shape index (κ2) is 9.68. The van der Waals surface area contributed by atoms with Gasteiger partial charge in [0, 0.05) is 49.9 Å². The van der Waals surface area contributed by atoms with Crippen LogP contribution in [0, 0.1) is 11.8 Å². The summed E-state index contributed by atoms with van der Waals surface area (Å²) in [5.41, 5.74) is 3.02. The number of halogens is 1. The molecule has 1 aromatic carbocycles. The van der Waals surface area contributed by atoms with Crippen LogP contribution >= 0.6 is 0 Å². The zero-order chi connectivity index (χ0) is 28.3. The SMILES string of the molecule is CN(C)c1cc(CNCCF)c(O)c2c1C[C@H]1C[C@H]3[C@H](N(C)C)C(O)=C(C(N)=O)C(=O)[C@@]3(O)C(O)=C1C2=O. The molecule has 4 atom stereocenters. The maximum Gasteiger partial charge on any atom is 0.255 e. The molecule has 0 radical (unpaired) electrons. The molecular weight excluding hydrogens is 499 g/mol. The minimum Gasteiger partial charge on any atom is -0.510 e. The fraction of sp³-hybridized carbons (Fsp3) is 0.500. The third-order valence-corrected chi connectivity index (χ3v) is 7.85. The Balaban J connectivity index is 1.93. The first-order valence-electron chi connectivity index (χ1n) is 12.2. The van der Waals surface area contributed by atoms with Gasteiger partial charge in [-0.3, -0.25) is 19.3 Å². The van der Waals surface area contributed by atoms with Crippen LogP contribution in [-0.4, -0.2) is 95.9 Å². The molecule has 0 unspecified atom stereocenters. The predicted octanol–water partition coefficient (Wildman–Crippen LogP) is 0.246. The molecule has 0 heterocycles. The van der Waals surface area contributed by atoms with Crippen molar-refractivity contribution in [3.05, 3.63) is 45.4 Å². The van der Waals surface area contributed by atoms with Gasteiger partial charge in [-0.2, -0.15) is 0 Å². The number of anilines is 1. The lowest BCUT2D eigenvalue weighted by atomic mass is 9.58. The summed E-state index contributed by atoms with van der Waals surface area (Å²) in [6.07, 6.45) is 0.201. The number of amides is 1. The van der Waals surface area contributed by atoms with Gasteiger partial charge in [0.25, 0.3) is 5.91 Å². The second-order valence-corrected chi connectivity index (χ2v) is 10.5. The summed E-state index contributed by atoms with van der Waals surface area (Å²) in [5, 5.41) is 47.8. The maximum atomic E-state index is 13.9. The summed E-state index contributed by atoms with van der Waals surface area (Å²) in [7, 11) is 6.70. The van der Waals surface area contributed by atoms with Crippen molar-refractivity contribution in [2.24, 2.45) is 17.6 Å². The number of allylic oxidation sites excluding steroid dienone is 1. The van der Waals surface area contributed by atoms with Gasteiger partial charge in [-0.25, -0.2) is 4.39 Å². The molecule has 0 aliphatic heterocycles. The molecule has 7 N–H and O–H groups in total. The summed E-state index contributed by atoms with van der Waals surface area (Å²) in [4.78, 5) is 42.6. The quantitative estimate of drug-likeness (QED) is 0.211. The van der Waals surface area contributed by atoms with Crippen molar-refractivity contribution in [3.8, 4) is 5.75 Å². The van der Waals surface area contributed by atoms with Crippen LogP contribution in [-0.2, 0) is 22.6 Å². The van der Waals surface area contributed by atoms with Crippen molar-refractivity contribution >= 4 is 23.2 Å². The number of aliphatic hydroxyl groups excluding tert-OH is 2. The van der Waals surface area contributed by atoms with E-state index in [1.54, 1.807) is 39.2 Å². The van der Waals surface area contributed by atoms with Gasteiger partial charge in [0.05, 0.1) is 11.6 Å². The molecule has 1 aromatic rings. The van der Waals surface area contributed by atoms with E-state index in [1.165, 1.54) is 4.90 Å². The molecular formula is C26H33FN4O7. The highest BCUT2D eigenvalue weighted by atomic mass is 19.1. The molecule has 0 aromatic heterocycles. The molecule has 4 rings (SSSR count). The fourth-order valence-electron chi connectivity index (χ4n) is 6.18. The number of nitrogens with two attached hydrogens (primary N) is 1. The van der Waals surface area contributed by atoms with Crippen molar-refractivity contribution in [1.29, 1.82) is 0 Å². The number of aromatic hydroxyl groups is 1. The zero-order valence-corrected chi connectivity index (χ0v) is 21.7. The first-order chi connectivity index (χ1) is 17.8. The average molecular weight is 533 g/mol. The first-order valence-corrected chi connectivity index (χ1v) is 12.2. The van der Waals surface area contributed by atoms with Crippen molar-refractivity contribution in [2.75, 3.05) is 46.3 Å². The van der Waals surface area contributed by atoms with E-state index in [-0.39, 0.29) is 42.8 Å². The minimum atomic E-state index is -2.69. The van der Waals surface area contributed by atoms with Crippen LogP contribution < -0.4 is 16.0 Å². The number of rotatable bonds is 7. The number of aliphatic hydroxyl groups is 3. The standard InChI is InChI=1S/C26H33FN4O7/c1-30(2)15-9-12(10-29-6-5-27)20(32)17-13(15)7-11-8-14-19(31(3)4)22(34)18(25(28)37)24(36)26(14,38)23(35)16(11)21(17)33/h9,11,14,19,29,32,34-35,38H,5-8,10H2,1-4H3,(H2,28,37)/t11-,14-,19-,26-/m0/s1. The Hall–Kier alpha value is -3.48. The minimum absolute atomic E-state index is 0.0131. The number of ketones is 2. The van der Waals surface area contributed by atoms with Crippen molar-refractivity contribution in [2.45, 2.75) is 31.0 Å². The normalized spacial score (nSPS) is 26.9. The number of fused-ring (bicyclic) bond motifs is 3. The van der Waals surface area contributed by atoms with Crippen LogP contribution in [0.5, 0.6) is 5.75 Å². The van der Waals surface area contributed by atoms with Gasteiger partial charge in [0.15, 0.2) is 11.4 Å². The van der Waals surface area contributed by atoms with Gasteiger partial charge < -0.3 is 36.4 Å². The third kappa shape index (κ3) is 3.86. The van der Waals surface area contributed by atoms with Crippen LogP contribution in [0.1, 0.15) is 27.9 Å². The molecule has 3 aliphatic carbocycles. The van der Waals surface area contributed by atoms with Gasteiger partial charge in [-0.15, -0.1) is 0 Å². The Labute approximate surface area is 219 Å². The third-order valence-electron chi connectivity index (χ3n) is 7.85. The van der Waals surface area contributed by atoms with Gasteiger partial charge in [-0.1, -0.05) is 0 Å². The second-order valence-electron chi connectivity index (χ2n) is 10.5. The summed E-state index contributed by atoms with van der Waals surface area (Å²) >= 11 is 0. The number of hydrogen-bond acceptors (Lipinski definition) is 10. The van der Waals surface area contributed by atoms with Crippen molar-refractivity contribution in [3.63, 3.8) is 0 Å². The van der Waals surface area contributed by atoms with Gasteiger partial charge in [0.1, 0.15) is 29.5 Å². The number of alkyl halides is 1. The number of Topliss-reactive ketones (excluding diaryl/α,β-unsaturated/α-hetero) is 2. The molecule has 0 spiro atoms. The van der Waals surface area contributed by atoms with Crippen LogP contribution in [0.25, 0.3) is 0 Å². The first kappa shape index (κ1) is 27.6. The Kier molecular flexibility index (Phi) is 7.02. The fourth-order valence-corrected chi connectivity index (χ4v) is 6.18. The highest BCUT2D eigenvalue weighted by molar-refractivity contribution is 6.24. The lowest BCUT2D eigenvalue weighted by molar-refractivity contribution is -0.148. The average Bonchev–Trinajstić information content (AvgIpc) is 2.82. The van der Waals surface area contributed by atoms with E-state index >= 15 is 0 Å². The van der Waals surface area contributed by atoms with E-state index in [1.807, 2.05) is 0 Å². The number of hydrogen-bond donors (Lipinski definition) is 6. The molecule has 3 aliphatic rings. The maximum absolute atomic E-state index is 13.9. The molecule has 1 amide bonds.